The lowest BCUT2D eigenvalue weighted by atomic mass is 10.1. The van der Waals surface area contributed by atoms with Crippen LogP contribution in [0.25, 0.3) is 11.5 Å². The molecular formula is C17H14F4N4O5. The maximum atomic E-state index is 14.4. The zero-order valence-electron chi connectivity index (χ0n) is 15.2. The lowest BCUT2D eigenvalue weighted by Gasteiger charge is -2.13. The second-order valence-corrected chi connectivity index (χ2v) is 5.66. The van der Waals surface area contributed by atoms with Crippen LogP contribution in [0.4, 0.5) is 33.9 Å². The number of alkyl halides is 3. The van der Waals surface area contributed by atoms with E-state index in [-0.39, 0.29) is 36.1 Å². The van der Waals surface area contributed by atoms with Crippen molar-refractivity contribution < 1.29 is 40.8 Å². The normalized spacial score (nSPS) is 11.4. The molecule has 3 rings (SSSR count). The van der Waals surface area contributed by atoms with Crippen molar-refractivity contribution in [1.82, 2.24) is 10.1 Å². The Bertz CT molecular complexity index is 1000. The summed E-state index contributed by atoms with van der Waals surface area (Å²) in [7, 11) is 1.45. The number of hydrogen-bond donors (Lipinski definition) is 2. The van der Waals surface area contributed by atoms with E-state index in [2.05, 4.69) is 20.0 Å². The second-order valence-electron chi connectivity index (χ2n) is 5.66. The third-order valence-corrected chi connectivity index (χ3v) is 3.57. The van der Waals surface area contributed by atoms with Gasteiger partial charge in [0.05, 0.1) is 24.1 Å². The van der Waals surface area contributed by atoms with E-state index in [1.54, 1.807) is 0 Å². The van der Waals surface area contributed by atoms with Crippen LogP contribution in [0, 0.1) is 5.82 Å². The highest BCUT2D eigenvalue weighted by atomic mass is 19.4. The Morgan fingerprint density at radius 2 is 2.00 bits per heavy atom. The molecule has 0 atom stereocenters. The zero-order valence-corrected chi connectivity index (χ0v) is 15.2. The molecule has 0 radical (unpaired) electrons. The number of nitrogens with one attached hydrogen (secondary N) is 2. The molecule has 13 heteroatoms. The van der Waals surface area contributed by atoms with E-state index in [4.69, 9.17) is 13.9 Å². The van der Waals surface area contributed by atoms with Crippen LogP contribution in [-0.2, 0) is 10.9 Å². The molecule has 1 aromatic carbocycles. The Kier molecular flexibility index (Phi) is 6.20. The van der Waals surface area contributed by atoms with Crippen LogP contribution in [0.1, 0.15) is 5.69 Å². The van der Waals surface area contributed by atoms with E-state index in [0.717, 1.165) is 6.07 Å². The van der Waals surface area contributed by atoms with E-state index >= 15 is 0 Å². The predicted molar refractivity (Wildman–Crippen MR) is 93.4 cm³/mol. The van der Waals surface area contributed by atoms with Gasteiger partial charge in [0, 0.05) is 19.2 Å². The number of aromatic nitrogens is 2. The molecule has 0 spiro atoms. The number of benzene rings is 1. The minimum Gasteiger partial charge on any atom is -0.488 e. The van der Waals surface area contributed by atoms with Crippen LogP contribution in [0.15, 0.2) is 39.6 Å². The number of rotatable bonds is 7. The highest BCUT2D eigenvalue weighted by Gasteiger charge is 2.35. The van der Waals surface area contributed by atoms with Crippen molar-refractivity contribution in [3.05, 3.63) is 42.2 Å². The van der Waals surface area contributed by atoms with Crippen LogP contribution in [0.2, 0.25) is 0 Å². The van der Waals surface area contributed by atoms with Gasteiger partial charge in [-0.25, -0.2) is 14.2 Å². The maximum absolute atomic E-state index is 14.4. The first-order chi connectivity index (χ1) is 14.3. The molecule has 3 aromatic rings. The number of halogens is 4. The van der Waals surface area contributed by atoms with Gasteiger partial charge in [-0.3, -0.25) is 5.32 Å². The quantitative estimate of drug-likeness (QED) is 0.428. The third kappa shape index (κ3) is 5.05. The number of nitrogens with zero attached hydrogens (tertiary/aromatic N) is 2. The molecule has 0 saturated carbocycles. The number of urea groups is 1. The molecule has 9 nitrogen and oxygen atoms in total. The fourth-order valence-electron chi connectivity index (χ4n) is 2.27. The largest absolute Gasteiger partial charge is 0.488 e. The van der Waals surface area contributed by atoms with E-state index < -0.39 is 29.6 Å². The van der Waals surface area contributed by atoms with Crippen LogP contribution in [0.5, 0.6) is 5.75 Å². The average Bonchev–Trinajstić information content (AvgIpc) is 3.35. The van der Waals surface area contributed by atoms with E-state index in [0.29, 0.717) is 6.07 Å². The van der Waals surface area contributed by atoms with Crippen LogP contribution < -0.4 is 15.4 Å². The van der Waals surface area contributed by atoms with Gasteiger partial charge in [-0.15, -0.1) is 0 Å². The number of oxazole rings is 1. The molecule has 0 unspecified atom stereocenters. The molecule has 0 aliphatic heterocycles. The molecule has 2 aromatic heterocycles. The highest BCUT2D eigenvalue weighted by Crippen LogP contribution is 2.34. The lowest BCUT2D eigenvalue weighted by molar-refractivity contribution is -0.142. The first-order valence-corrected chi connectivity index (χ1v) is 8.25. The van der Waals surface area contributed by atoms with Crippen molar-refractivity contribution in [3.63, 3.8) is 0 Å². The summed E-state index contributed by atoms with van der Waals surface area (Å²) in [5, 5.41) is 7.13. The molecule has 2 N–H and O–H groups in total. The topological polar surface area (TPSA) is 112 Å². The summed E-state index contributed by atoms with van der Waals surface area (Å²) in [6, 6.07) is 1.69. The number of ether oxygens (including phenoxy) is 2. The standard InChI is InChI=1S/C17H14F4N4O5/c1-27-4-5-28-12-6-9(15-22-2-3-29-15)11(7-10(12)18)23-16(26)24-14-8-13(25-30-14)17(19,20)21/h2-3,6-8H,4-5H2,1H3,(H2,23,24,26). The van der Waals surface area contributed by atoms with Gasteiger partial charge in [-0.1, -0.05) is 5.16 Å². The second kappa shape index (κ2) is 8.82. The summed E-state index contributed by atoms with van der Waals surface area (Å²) in [5.41, 5.74) is -1.23. The number of hydrogen-bond acceptors (Lipinski definition) is 7. The van der Waals surface area contributed by atoms with Crippen molar-refractivity contribution >= 4 is 17.6 Å². The van der Waals surface area contributed by atoms with Crippen LogP contribution in [-0.4, -0.2) is 36.5 Å². The minimum atomic E-state index is -4.74. The first-order valence-electron chi connectivity index (χ1n) is 8.25. The van der Waals surface area contributed by atoms with E-state index in [9.17, 15) is 22.4 Å². The smallest absolute Gasteiger partial charge is 0.436 e. The molecule has 30 heavy (non-hydrogen) atoms. The van der Waals surface area contributed by atoms with E-state index in [1.807, 2.05) is 5.32 Å². The molecule has 0 bridgehead atoms. The van der Waals surface area contributed by atoms with Crippen molar-refractivity contribution in [3.8, 4) is 17.2 Å². The number of anilines is 2. The summed E-state index contributed by atoms with van der Waals surface area (Å²) < 4.78 is 71.8. The Labute approximate surface area is 166 Å². The van der Waals surface area contributed by atoms with E-state index in [1.165, 1.54) is 25.6 Å². The monoisotopic (exact) mass is 430 g/mol. The Hall–Kier alpha value is -3.61. The average molecular weight is 430 g/mol. The van der Waals surface area contributed by atoms with Crippen molar-refractivity contribution in [1.29, 1.82) is 0 Å². The molecule has 0 aliphatic carbocycles. The first kappa shape index (κ1) is 21.1. The Morgan fingerprint density at radius 3 is 2.63 bits per heavy atom. The Morgan fingerprint density at radius 1 is 1.20 bits per heavy atom. The van der Waals surface area contributed by atoms with Crippen LogP contribution >= 0.6 is 0 Å². The summed E-state index contributed by atoms with van der Waals surface area (Å²) in [4.78, 5) is 16.1. The van der Waals surface area contributed by atoms with Gasteiger partial charge in [-0.05, 0) is 6.07 Å². The maximum Gasteiger partial charge on any atom is 0.436 e. The zero-order chi connectivity index (χ0) is 21.7. The van der Waals surface area contributed by atoms with Crippen LogP contribution in [0.3, 0.4) is 0 Å². The SMILES string of the molecule is COCCOc1cc(-c2ncco2)c(NC(=O)Nc2cc(C(F)(F)F)no2)cc1F. The van der Waals surface area contributed by atoms with Crippen molar-refractivity contribution in [2.45, 2.75) is 6.18 Å². The summed E-state index contributed by atoms with van der Waals surface area (Å²) >= 11 is 0. The number of carbonyl (C=O) groups excluding carboxylic acids is 1. The van der Waals surface area contributed by atoms with Gasteiger partial charge in [0.1, 0.15) is 12.9 Å². The molecule has 2 heterocycles. The minimum absolute atomic E-state index is 0.0425. The summed E-state index contributed by atoms with van der Waals surface area (Å²) in [6.07, 6.45) is -2.14. The molecular weight excluding hydrogens is 416 g/mol. The Balaban J connectivity index is 1.81. The number of amides is 2. The van der Waals surface area contributed by atoms with Crippen molar-refractivity contribution in [2.75, 3.05) is 31.0 Å². The molecule has 0 aliphatic rings. The molecule has 0 saturated heterocycles. The van der Waals surface area contributed by atoms with Gasteiger partial charge >= 0.3 is 12.2 Å². The summed E-state index contributed by atoms with van der Waals surface area (Å²) in [5.74, 6) is -1.47. The van der Waals surface area contributed by atoms with Gasteiger partial charge in [0.25, 0.3) is 0 Å². The van der Waals surface area contributed by atoms with Gasteiger partial charge < -0.3 is 23.7 Å². The van der Waals surface area contributed by atoms with Crippen molar-refractivity contribution in [2.24, 2.45) is 0 Å². The van der Waals surface area contributed by atoms with Gasteiger partial charge in [-0.2, -0.15) is 13.2 Å². The number of methoxy groups -OCH3 is 1. The van der Waals surface area contributed by atoms with Gasteiger partial charge in [0.15, 0.2) is 17.3 Å². The molecule has 2 amide bonds. The molecule has 0 fully saturated rings. The molecule has 160 valence electrons. The fraction of sp³-hybridized carbons (Fsp3) is 0.235. The predicted octanol–water partition coefficient (Wildman–Crippen LogP) is 4.16. The number of carbonyl (C=O) groups is 1. The highest BCUT2D eigenvalue weighted by molar-refractivity contribution is 6.01. The summed E-state index contributed by atoms with van der Waals surface area (Å²) in [6.45, 7) is 0.284. The van der Waals surface area contributed by atoms with Gasteiger partial charge in [0.2, 0.25) is 11.8 Å². The lowest BCUT2D eigenvalue weighted by Crippen LogP contribution is -2.20. The fourth-order valence-corrected chi connectivity index (χ4v) is 2.27. The third-order valence-electron chi connectivity index (χ3n) is 3.57.